The van der Waals surface area contributed by atoms with E-state index in [1.165, 1.54) is 32.5 Å². The van der Waals surface area contributed by atoms with Crippen molar-refractivity contribution in [2.45, 2.75) is 6.42 Å². The Kier molecular flexibility index (Phi) is 6.68. The molecule has 6 aromatic carbocycles. The SMILES string of the molecule is C=C1/C=C\C=C/Cc2c(n(-c3nc(-c4ccccc4)c4ccccc4n3)c3ccccc23)C=C1n1c2ccccc2c2c3ccccc3ccc21. The number of nitrogens with zero attached hydrogens (tertiary/aromatic N) is 4. The summed E-state index contributed by atoms with van der Waals surface area (Å²) in [5, 5.41) is 7.11. The molecule has 10 rings (SSSR count). The second-order valence-electron chi connectivity index (χ2n) is 13.1. The van der Waals surface area contributed by atoms with Crippen LogP contribution in [0, 0.1) is 0 Å². The largest absolute Gasteiger partial charge is 0.309 e. The van der Waals surface area contributed by atoms with Crippen molar-refractivity contribution in [3.8, 4) is 17.2 Å². The maximum Gasteiger partial charge on any atom is 0.235 e. The molecule has 0 amide bonds. The highest BCUT2D eigenvalue weighted by molar-refractivity contribution is 6.22. The lowest BCUT2D eigenvalue weighted by Crippen LogP contribution is -2.07. The van der Waals surface area contributed by atoms with Crippen molar-refractivity contribution in [1.29, 1.82) is 0 Å². The van der Waals surface area contributed by atoms with E-state index in [4.69, 9.17) is 9.97 Å². The van der Waals surface area contributed by atoms with Crippen LogP contribution in [0.15, 0.2) is 176 Å². The fraction of sp³-hybridized carbons (Fsp3) is 0.0213. The van der Waals surface area contributed by atoms with Gasteiger partial charge in [-0.2, -0.15) is 0 Å². The number of fused-ring (bicyclic) bond motifs is 9. The molecule has 9 aromatic rings. The minimum Gasteiger partial charge on any atom is -0.309 e. The Morgan fingerprint density at radius 2 is 1.24 bits per heavy atom. The zero-order valence-electron chi connectivity index (χ0n) is 27.9. The highest BCUT2D eigenvalue weighted by Gasteiger charge is 2.23. The molecular weight excluding hydrogens is 621 g/mol. The van der Waals surface area contributed by atoms with Crippen LogP contribution in [0.1, 0.15) is 11.3 Å². The summed E-state index contributed by atoms with van der Waals surface area (Å²) in [5.41, 5.74) is 10.4. The van der Waals surface area contributed by atoms with Crippen molar-refractivity contribution in [1.82, 2.24) is 19.1 Å². The number of para-hydroxylation sites is 3. The van der Waals surface area contributed by atoms with Crippen LogP contribution < -0.4 is 0 Å². The van der Waals surface area contributed by atoms with Crippen LogP contribution in [0.4, 0.5) is 0 Å². The lowest BCUT2D eigenvalue weighted by molar-refractivity contribution is 0.965. The molecule has 1 aliphatic carbocycles. The van der Waals surface area contributed by atoms with Crippen LogP contribution in [-0.2, 0) is 6.42 Å². The van der Waals surface area contributed by atoms with Gasteiger partial charge in [0.25, 0.3) is 0 Å². The van der Waals surface area contributed by atoms with E-state index in [0.29, 0.717) is 5.95 Å². The number of rotatable bonds is 3. The van der Waals surface area contributed by atoms with Crippen LogP contribution in [0.25, 0.3) is 83.4 Å². The first kappa shape index (κ1) is 29.2. The molecule has 3 heterocycles. The van der Waals surface area contributed by atoms with Crippen molar-refractivity contribution >= 4 is 66.2 Å². The molecule has 51 heavy (non-hydrogen) atoms. The fourth-order valence-electron chi connectivity index (χ4n) is 7.84. The summed E-state index contributed by atoms with van der Waals surface area (Å²) in [6.45, 7) is 4.68. The van der Waals surface area contributed by atoms with Gasteiger partial charge in [0.2, 0.25) is 5.95 Å². The van der Waals surface area contributed by atoms with E-state index in [9.17, 15) is 0 Å². The van der Waals surface area contributed by atoms with Gasteiger partial charge in [-0.1, -0.05) is 146 Å². The quantitative estimate of drug-likeness (QED) is 0.190. The molecule has 0 aliphatic heterocycles. The van der Waals surface area contributed by atoms with Crippen molar-refractivity contribution < 1.29 is 0 Å². The van der Waals surface area contributed by atoms with Crippen LogP contribution >= 0.6 is 0 Å². The van der Waals surface area contributed by atoms with Crippen molar-refractivity contribution in [3.05, 3.63) is 187 Å². The third-order valence-corrected chi connectivity index (χ3v) is 10.1. The fourth-order valence-corrected chi connectivity index (χ4v) is 7.84. The average molecular weight is 653 g/mol. The number of allylic oxidation sites excluding steroid dienone is 6. The maximum absolute atomic E-state index is 5.37. The molecule has 0 bridgehead atoms. The standard InChI is InChI=1S/C47H32N4/c1-31-16-4-2-7-21-36-35-22-11-14-26-40(35)51(47-48-39-25-13-10-23-37(39)46(49-47)33-18-5-3-6-19-33)44(36)30-43(31)50-41-27-15-12-24-38(41)45-34-20-9-8-17-32(34)28-29-42(45)50/h2-20,22-30H,1,21H2/b7-2-,16-4-,43-30?. The topological polar surface area (TPSA) is 35.6 Å². The second kappa shape index (κ2) is 11.7. The van der Waals surface area contributed by atoms with E-state index in [1.807, 2.05) is 12.1 Å². The number of hydrogen-bond acceptors (Lipinski definition) is 2. The van der Waals surface area contributed by atoms with Crippen molar-refractivity contribution in [2.75, 3.05) is 0 Å². The molecule has 4 heteroatoms. The van der Waals surface area contributed by atoms with Gasteiger partial charge in [-0.05, 0) is 58.7 Å². The molecule has 3 aromatic heterocycles. The Morgan fingerprint density at radius 3 is 2.08 bits per heavy atom. The molecule has 0 atom stereocenters. The minimum absolute atomic E-state index is 0.635. The molecule has 0 spiro atoms. The van der Waals surface area contributed by atoms with E-state index in [-0.39, 0.29) is 0 Å². The van der Waals surface area contributed by atoms with Gasteiger partial charge < -0.3 is 4.57 Å². The van der Waals surface area contributed by atoms with Crippen molar-refractivity contribution in [2.24, 2.45) is 0 Å². The third kappa shape index (κ3) is 4.61. The van der Waals surface area contributed by atoms with Crippen LogP contribution in [0.5, 0.6) is 0 Å². The highest BCUT2D eigenvalue weighted by atomic mass is 15.2. The molecule has 0 saturated carbocycles. The summed E-state index contributed by atoms with van der Waals surface area (Å²) in [6, 6.07) is 49.2. The van der Waals surface area contributed by atoms with Gasteiger partial charge in [0, 0.05) is 27.1 Å². The summed E-state index contributed by atoms with van der Waals surface area (Å²) in [5.74, 6) is 0.635. The van der Waals surface area contributed by atoms with E-state index in [0.717, 1.165) is 62.1 Å². The van der Waals surface area contributed by atoms with E-state index in [1.54, 1.807) is 0 Å². The predicted octanol–water partition coefficient (Wildman–Crippen LogP) is 11.7. The van der Waals surface area contributed by atoms with Crippen molar-refractivity contribution in [3.63, 3.8) is 0 Å². The Labute approximate surface area is 295 Å². The first-order chi connectivity index (χ1) is 25.2. The molecule has 0 saturated heterocycles. The van der Waals surface area contributed by atoms with Gasteiger partial charge in [0.1, 0.15) is 0 Å². The van der Waals surface area contributed by atoms with Gasteiger partial charge in [0.05, 0.1) is 39.2 Å². The van der Waals surface area contributed by atoms with Gasteiger partial charge >= 0.3 is 0 Å². The summed E-state index contributed by atoms with van der Waals surface area (Å²) < 4.78 is 4.64. The van der Waals surface area contributed by atoms with E-state index < -0.39 is 0 Å². The Balaban J connectivity index is 1.33. The zero-order valence-corrected chi connectivity index (χ0v) is 27.9. The normalized spacial score (nSPS) is 14.7. The molecule has 240 valence electrons. The highest BCUT2D eigenvalue weighted by Crippen LogP contribution is 2.40. The zero-order chi connectivity index (χ0) is 33.9. The number of benzene rings is 6. The number of hydrogen-bond donors (Lipinski definition) is 0. The predicted molar refractivity (Wildman–Crippen MR) is 214 cm³/mol. The Hall–Kier alpha value is -6.78. The third-order valence-electron chi connectivity index (χ3n) is 10.1. The molecular formula is C47H32N4. The first-order valence-electron chi connectivity index (χ1n) is 17.3. The second-order valence-corrected chi connectivity index (χ2v) is 13.1. The summed E-state index contributed by atoms with van der Waals surface area (Å²) in [6.07, 6.45) is 11.6. The molecule has 0 N–H and O–H groups in total. The summed E-state index contributed by atoms with van der Waals surface area (Å²) in [7, 11) is 0. The molecule has 0 radical (unpaired) electrons. The smallest absolute Gasteiger partial charge is 0.235 e. The molecule has 4 nitrogen and oxygen atoms in total. The van der Waals surface area contributed by atoms with Crippen LogP contribution in [0.3, 0.4) is 0 Å². The van der Waals surface area contributed by atoms with E-state index >= 15 is 0 Å². The van der Waals surface area contributed by atoms with Crippen LogP contribution in [-0.4, -0.2) is 19.1 Å². The average Bonchev–Trinajstić information content (AvgIpc) is 3.69. The van der Waals surface area contributed by atoms with E-state index in [2.05, 4.69) is 173 Å². The van der Waals surface area contributed by atoms with Gasteiger partial charge in [0.15, 0.2) is 0 Å². The Bertz CT molecular complexity index is 2950. The Morgan fingerprint density at radius 1 is 0.549 bits per heavy atom. The maximum atomic E-state index is 5.37. The van der Waals surface area contributed by atoms with Gasteiger partial charge in [-0.15, -0.1) is 0 Å². The lowest BCUT2D eigenvalue weighted by atomic mass is 10.0. The lowest BCUT2D eigenvalue weighted by Gasteiger charge is -2.17. The number of aromatic nitrogens is 4. The summed E-state index contributed by atoms with van der Waals surface area (Å²) >= 11 is 0. The summed E-state index contributed by atoms with van der Waals surface area (Å²) in [4.78, 5) is 10.6. The monoisotopic (exact) mass is 652 g/mol. The van der Waals surface area contributed by atoms with Gasteiger partial charge in [-0.25, -0.2) is 9.97 Å². The molecule has 0 fully saturated rings. The first-order valence-corrected chi connectivity index (χ1v) is 17.3. The minimum atomic E-state index is 0.635. The van der Waals surface area contributed by atoms with Crippen LogP contribution in [0.2, 0.25) is 0 Å². The molecule has 0 unspecified atom stereocenters. The molecule has 1 aliphatic rings. The van der Waals surface area contributed by atoms with Gasteiger partial charge in [-0.3, -0.25) is 4.57 Å².